The van der Waals surface area contributed by atoms with Crippen LogP contribution < -0.4 is 0 Å². The molecule has 1 aromatic rings. The minimum absolute atomic E-state index is 0.508. The van der Waals surface area contributed by atoms with Gasteiger partial charge in [0.2, 0.25) is 0 Å². The summed E-state index contributed by atoms with van der Waals surface area (Å²) in [5, 5.41) is 8.96. The zero-order chi connectivity index (χ0) is 12.3. The quantitative estimate of drug-likeness (QED) is 0.932. The zero-order valence-electron chi connectivity index (χ0n) is 9.40. The van der Waals surface area contributed by atoms with Gasteiger partial charge in [0.15, 0.2) is 0 Å². The van der Waals surface area contributed by atoms with Crippen LogP contribution in [0.5, 0.6) is 0 Å². The van der Waals surface area contributed by atoms with Gasteiger partial charge in [-0.3, -0.25) is 4.90 Å². The average Bonchev–Trinajstić information content (AvgIpc) is 2.32. The lowest BCUT2D eigenvalue weighted by Crippen LogP contribution is -2.31. The second-order valence-corrected chi connectivity index (χ2v) is 5.08. The minimum Gasteiger partial charge on any atom is -0.478 e. The van der Waals surface area contributed by atoms with Gasteiger partial charge in [-0.1, -0.05) is 34.1 Å². The average molecular weight is 296 g/mol. The molecule has 0 aromatic heterocycles. The number of carboxylic acid groups (broad SMARTS) is 1. The Hall–Kier alpha value is -1.13. The van der Waals surface area contributed by atoms with Crippen molar-refractivity contribution in [3.63, 3.8) is 0 Å². The summed E-state index contributed by atoms with van der Waals surface area (Å²) >= 11 is 3.40. The number of benzene rings is 1. The molecule has 1 aliphatic heterocycles. The van der Waals surface area contributed by atoms with Gasteiger partial charge >= 0.3 is 5.97 Å². The summed E-state index contributed by atoms with van der Waals surface area (Å²) in [6.45, 7) is 2.26. The van der Waals surface area contributed by atoms with Crippen molar-refractivity contribution in [1.29, 1.82) is 0 Å². The Morgan fingerprint density at radius 1 is 1.35 bits per heavy atom. The molecule has 1 heterocycles. The molecule has 0 bridgehead atoms. The summed E-state index contributed by atoms with van der Waals surface area (Å²) in [4.78, 5) is 13.1. The number of aliphatic carboxylic acids is 1. The SMILES string of the molecule is O=C(O)C1=CCCN(Cc2ccc(Br)cc2)C1. The van der Waals surface area contributed by atoms with E-state index in [1.807, 2.05) is 18.2 Å². The molecule has 1 N–H and O–H groups in total. The molecule has 0 spiro atoms. The van der Waals surface area contributed by atoms with Crippen LogP contribution in [0.2, 0.25) is 0 Å². The van der Waals surface area contributed by atoms with Gasteiger partial charge in [0, 0.05) is 29.7 Å². The van der Waals surface area contributed by atoms with E-state index in [9.17, 15) is 4.79 Å². The van der Waals surface area contributed by atoms with Crippen LogP contribution in [0.3, 0.4) is 0 Å². The molecular weight excluding hydrogens is 282 g/mol. The van der Waals surface area contributed by atoms with Crippen molar-refractivity contribution in [1.82, 2.24) is 4.90 Å². The molecule has 0 saturated heterocycles. The maximum Gasteiger partial charge on any atom is 0.332 e. The molecule has 2 rings (SSSR count). The number of rotatable bonds is 3. The summed E-state index contributed by atoms with van der Waals surface area (Å²) in [6.07, 6.45) is 2.64. The maximum atomic E-state index is 10.9. The molecule has 4 heteroatoms. The van der Waals surface area contributed by atoms with E-state index in [-0.39, 0.29) is 0 Å². The predicted molar refractivity (Wildman–Crippen MR) is 69.8 cm³/mol. The van der Waals surface area contributed by atoms with Crippen LogP contribution in [-0.2, 0) is 11.3 Å². The van der Waals surface area contributed by atoms with E-state index in [0.29, 0.717) is 12.1 Å². The minimum atomic E-state index is -0.800. The molecule has 0 aliphatic carbocycles. The highest BCUT2D eigenvalue weighted by Crippen LogP contribution is 2.15. The van der Waals surface area contributed by atoms with Crippen molar-refractivity contribution in [2.75, 3.05) is 13.1 Å². The van der Waals surface area contributed by atoms with Crippen molar-refractivity contribution in [2.45, 2.75) is 13.0 Å². The first-order valence-corrected chi connectivity index (χ1v) is 6.33. The highest BCUT2D eigenvalue weighted by Gasteiger charge is 2.17. The van der Waals surface area contributed by atoms with Crippen molar-refractivity contribution >= 4 is 21.9 Å². The molecule has 17 heavy (non-hydrogen) atoms. The molecule has 0 fully saturated rings. The van der Waals surface area contributed by atoms with Gasteiger partial charge in [0.1, 0.15) is 0 Å². The third kappa shape index (κ3) is 3.41. The first kappa shape index (κ1) is 12.3. The molecule has 0 amide bonds. The van der Waals surface area contributed by atoms with Gasteiger partial charge in [-0.2, -0.15) is 0 Å². The molecule has 1 aliphatic rings. The Morgan fingerprint density at radius 2 is 2.06 bits per heavy atom. The second-order valence-electron chi connectivity index (χ2n) is 4.16. The third-order valence-corrected chi connectivity index (χ3v) is 3.35. The summed E-state index contributed by atoms with van der Waals surface area (Å²) in [7, 11) is 0. The van der Waals surface area contributed by atoms with Gasteiger partial charge < -0.3 is 5.11 Å². The number of carbonyl (C=O) groups is 1. The number of nitrogens with zero attached hydrogens (tertiary/aromatic N) is 1. The van der Waals surface area contributed by atoms with Gasteiger partial charge in [0.05, 0.1) is 0 Å². The first-order chi connectivity index (χ1) is 8.15. The first-order valence-electron chi connectivity index (χ1n) is 5.54. The zero-order valence-corrected chi connectivity index (χ0v) is 11.0. The Kier molecular flexibility index (Phi) is 3.97. The van der Waals surface area contributed by atoms with Crippen LogP contribution in [0.15, 0.2) is 40.4 Å². The fraction of sp³-hybridized carbons (Fsp3) is 0.308. The predicted octanol–water partition coefficient (Wildman–Crippen LogP) is 2.67. The van der Waals surface area contributed by atoms with Crippen LogP contribution in [0.25, 0.3) is 0 Å². The van der Waals surface area contributed by atoms with E-state index in [1.165, 1.54) is 5.56 Å². The normalized spacial score (nSPS) is 16.6. The lowest BCUT2D eigenvalue weighted by atomic mass is 10.1. The Balaban J connectivity index is 1.99. The number of hydrogen-bond donors (Lipinski definition) is 1. The van der Waals surface area contributed by atoms with E-state index < -0.39 is 5.97 Å². The van der Waals surface area contributed by atoms with Crippen LogP contribution in [0, 0.1) is 0 Å². The molecule has 1 aromatic carbocycles. The van der Waals surface area contributed by atoms with Crippen LogP contribution in [-0.4, -0.2) is 29.1 Å². The smallest absolute Gasteiger partial charge is 0.332 e. The molecule has 0 radical (unpaired) electrons. The number of carboxylic acids is 1. The van der Waals surface area contributed by atoms with E-state index in [1.54, 1.807) is 0 Å². The number of halogens is 1. The van der Waals surface area contributed by atoms with Gasteiger partial charge in [-0.25, -0.2) is 4.79 Å². The van der Waals surface area contributed by atoms with Crippen molar-refractivity contribution in [3.05, 3.63) is 46.0 Å². The summed E-state index contributed by atoms with van der Waals surface area (Å²) in [5.74, 6) is -0.800. The molecule has 3 nitrogen and oxygen atoms in total. The van der Waals surface area contributed by atoms with E-state index >= 15 is 0 Å². The highest BCUT2D eigenvalue weighted by molar-refractivity contribution is 9.10. The third-order valence-electron chi connectivity index (χ3n) is 2.82. The van der Waals surface area contributed by atoms with Crippen molar-refractivity contribution in [3.8, 4) is 0 Å². The lowest BCUT2D eigenvalue weighted by molar-refractivity contribution is -0.133. The second kappa shape index (κ2) is 5.47. The fourth-order valence-corrected chi connectivity index (χ4v) is 2.21. The molecule has 90 valence electrons. The Morgan fingerprint density at radius 3 is 2.71 bits per heavy atom. The van der Waals surface area contributed by atoms with Gasteiger partial charge in [-0.15, -0.1) is 0 Å². The molecule has 0 atom stereocenters. The van der Waals surface area contributed by atoms with Crippen LogP contribution >= 0.6 is 15.9 Å². The topological polar surface area (TPSA) is 40.5 Å². The molecular formula is C13H14BrNO2. The van der Waals surface area contributed by atoms with Crippen LogP contribution in [0.4, 0.5) is 0 Å². The fourth-order valence-electron chi connectivity index (χ4n) is 1.94. The summed E-state index contributed by atoms with van der Waals surface area (Å²) in [5.41, 5.74) is 1.72. The Bertz CT molecular complexity index is 439. The van der Waals surface area contributed by atoms with Crippen molar-refractivity contribution < 1.29 is 9.90 Å². The van der Waals surface area contributed by atoms with Crippen molar-refractivity contribution in [2.24, 2.45) is 0 Å². The Labute approximate surface area is 109 Å². The standard InChI is InChI=1S/C13H14BrNO2/c14-12-5-3-10(4-6-12)8-15-7-1-2-11(9-15)13(16)17/h2-6H,1,7-9H2,(H,16,17). The lowest BCUT2D eigenvalue weighted by Gasteiger charge is -2.25. The largest absolute Gasteiger partial charge is 0.478 e. The number of hydrogen-bond acceptors (Lipinski definition) is 2. The molecule has 0 saturated carbocycles. The van der Waals surface area contributed by atoms with Crippen LogP contribution in [0.1, 0.15) is 12.0 Å². The summed E-state index contributed by atoms with van der Waals surface area (Å²) < 4.78 is 1.06. The van der Waals surface area contributed by atoms with E-state index in [0.717, 1.165) is 24.0 Å². The highest BCUT2D eigenvalue weighted by atomic mass is 79.9. The van der Waals surface area contributed by atoms with Gasteiger partial charge in [0.25, 0.3) is 0 Å². The van der Waals surface area contributed by atoms with Gasteiger partial charge in [-0.05, 0) is 24.1 Å². The van der Waals surface area contributed by atoms with E-state index in [4.69, 9.17) is 5.11 Å². The molecule has 0 unspecified atom stereocenters. The summed E-state index contributed by atoms with van der Waals surface area (Å²) in [6, 6.07) is 8.13. The monoisotopic (exact) mass is 295 g/mol. The van der Waals surface area contributed by atoms with E-state index in [2.05, 4.69) is 33.0 Å². The maximum absolute atomic E-state index is 10.9.